The highest BCUT2D eigenvalue weighted by Gasteiger charge is 2.28. The molecule has 1 amide bonds. The van der Waals surface area contributed by atoms with Crippen LogP contribution in [0.1, 0.15) is 142 Å². The molecule has 3 atom stereocenters. The van der Waals surface area contributed by atoms with E-state index in [1.54, 1.807) is 0 Å². The Hall–Kier alpha value is -2.04. The van der Waals surface area contributed by atoms with Crippen molar-refractivity contribution in [3.63, 3.8) is 0 Å². The fraction of sp³-hybridized carbons (Fsp3) is 0.794. The average Bonchev–Trinajstić information content (AvgIpc) is 3.02. The zero-order valence-corrected chi connectivity index (χ0v) is 29.3. The third-order valence-corrected chi connectivity index (χ3v) is 8.19. The molecule has 0 aromatic rings. The van der Waals surface area contributed by atoms with Gasteiger partial charge in [0.25, 0.3) is 0 Å². The van der Waals surface area contributed by atoms with Crippen LogP contribution in [-0.4, -0.2) is 64.9 Å². The van der Waals surface area contributed by atoms with Crippen LogP contribution in [0.2, 0.25) is 0 Å². The van der Waals surface area contributed by atoms with E-state index in [1.807, 2.05) is 0 Å². The van der Waals surface area contributed by atoms with Gasteiger partial charge in [0.15, 0.2) is 6.04 Å². The van der Waals surface area contributed by atoms with Crippen molar-refractivity contribution in [1.82, 2.24) is 5.32 Å². The highest BCUT2D eigenvalue weighted by molar-refractivity contribution is 7.47. The molecule has 0 heterocycles. The Morgan fingerprint density at radius 2 is 1.20 bits per heavy atom. The molecule has 0 saturated heterocycles. The molecule has 0 aromatic carbocycles. The second-order valence-corrected chi connectivity index (χ2v) is 13.2. The maximum atomic E-state index is 12.1. The summed E-state index contributed by atoms with van der Waals surface area (Å²) in [7, 11) is -4.74. The lowest BCUT2D eigenvalue weighted by atomic mass is 10.1. The van der Waals surface area contributed by atoms with Crippen LogP contribution in [0.3, 0.4) is 0 Å². The number of rotatable bonds is 32. The molecule has 0 spiro atoms. The maximum Gasteiger partial charge on any atom is 0.472 e. The van der Waals surface area contributed by atoms with Crippen molar-refractivity contribution in [2.45, 2.75) is 154 Å². The van der Waals surface area contributed by atoms with E-state index in [4.69, 9.17) is 13.8 Å². The molecule has 0 aliphatic heterocycles. The van der Waals surface area contributed by atoms with E-state index in [-0.39, 0.29) is 12.8 Å². The van der Waals surface area contributed by atoms with E-state index in [9.17, 15) is 34.1 Å². The normalized spacial score (nSPS) is 14.3. The predicted octanol–water partition coefficient (Wildman–Crippen LogP) is 7.55. The van der Waals surface area contributed by atoms with Crippen LogP contribution < -0.4 is 5.32 Å². The van der Waals surface area contributed by atoms with Crippen LogP contribution in [0.5, 0.6) is 0 Å². The van der Waals surface area contributed by atoms with Crippen molar-refractivity contribution in [1.29, 1.82) is 0 Å². The van der Waals surface area contributed by atoms with Gasteiger partial charge in [-0.1, -0.05) is 109 Å². The molecule has 0 radical (unpaired) electrons. The summed E-state index contributed by atoms with van der Waals surface area (Å²) >= 11 is 0. The van der Waals surface area contributed by atoms with Gasteiger partial charge in [-0.3, -0.25) is 18.6 Å². The van der Waals surface area contributed by atoms with E-state index in [1.165, 1.54) is 32.1 Å². The van der Waals surface area contributed by atoms with Gasteiger partial charge in [-0.05, 0) is 44.9 Å². The molecule has 268 valence electrons. The number of hydrogen-bond donors (Lipinski definition) is 4. The number of hydrogen-bond acceptors (Lipinski definition) is 8. The van der Waals surface area contributed by atoms with Gasteiger partial charge in [-0.15, -0.1) is 0 Å². The molecule has 4 N–H and O–H groups in total. The molecule has 0 saturated carbocycles. The number of ether oxygens (including phenoxy) is 1. The molecule has 0 fully saturated rings. The van der Waals surface area contributed by atoms with Gasteiger partial charge in [0.2, 0.25) is 5.91 Å². The number of esters is 1. The minimum Gasteiger partial charge on any atom is -0.480 e. The van der Waals surface area contributed by atoms with Crippen LogP contribution >= 0.6 is 7.82 Å². The summed E-state index contributed by atoms with van der Waals surface area (Å²) in [5.41, 5.74) is 0. The van der Waals surface area contributed by atoms with Crippen molar-refractivity contribution in [3.05, 3.63) is 24.3 Å². The van der Waals surface area contributed by atoms with E-state index >= 15 is 0 Å². The number of amides is 1. The van der Waals surface area contributed by atoms with Crippen LogP contribution in [0, 0.1) is 0 Å². The van der Waals surface area contributed by atoms with Crippen molar-refractivity contribution < 1.29 is 47.8 Å². The molecule has 11 nitrogen and oxygen atoms in total. The Morgan fingerprint density at radius 1 is 0.696 bits per heavy atom. The van der Waals surface area contributed by atoms with Crippen molar-refractivity contribution in [2.24, 2.45) is 0 Å². The minimum atomic E-state index is -4.74. The average molecular weight is 676 g/mol. The molecule has 0 bridgehead atoms. The lowest BCUT2D eigenvalue weighted by Crippen LogP contribution is -2.43. The standard InChI is InChI=1S/C34H62NO10P/c1-3-5-7-9-11-12-13-14-15-16-17-18-19-20-22-24-26-33(38)43-27-30(36)28-44-46(41,42)45-29-31(34(39)40)35-32(37)25-23-21-10-8-6-4-2/h12-13,15-16,30-31,36H,3-11,14,17-29H2,1-2H3,(H,35,37)(H,39,40)(H,41,42)/b13-12-,16-15-. The Morgan fingerprint density at radius 3 is 1.78 bits per heavy atom. The summed E-state index contributed by atoms with van der Waals surface area (Å²) < 4.78 is 26.5. The SMILES string of the molecule is CCCCCC/C=C\C/C=C\CCCCCCCC(=O)OCC(O)COP(=O)(O)OCC(NC(=O)CCCCCCCC)C(=O)O. The molecular weight excluding hydrogens is 613 g/mol. The molecule has 0 aromatic heterocycles. The molecule has 3 unspecified atom stereocenters. The second kappa shape index (κ2) is 30.3. The lowest BCUT2D eigenvalue weighted by Gasteiger charge is -2.18. The van der Waals surface area contributed by atoms with Gasteiger partial charge in [-0.2, -0.15) is 0 Å². The van der Waals surface area contributed by atoms with E-state index in [0.29, 0.717) is 12.8 Å². The summed E-state index contributed by atoms with van der Waals surface area (Å²) in [6.45, 7) is 2.43. The number of carbonyl (C=O) groups excluding carboxylic acids is 2. The Bertz CT molecular complexity index is 895. The van der Waals surface area contributed by atoms with Crippen LogP contribution in [-0.2, 0) is 32.7 Å². The zero-order chi connectivity index (χ0) is 34.3. The number of phosphoric ester groups is 1. The highest BCUT2D eigenvalue weighted by atomic mass is 31.2. The summed E-state index contributed by atoms with van der Waals surface area (Å²) in [5, 5.41) is 21.5. The number of unbranched alkanes of at least 4 members (excludes halogenated alkanes) is 14. The van der Waals surface area contributed by atoms with Gasteiger partial charge in [0.1, 0.15) is 12.7 Å². The van der Waals surface area contributed by atoms with Gasteiger partial charge in [0.05, 0.1) is 13.2 Å². The van der Waals surface area contributed by atoms with Crippen LogP contribution in [0.4, 0.5) is 0 Å². The predicted molar refractivity (Wildman–Crippen MR) is 180 cm³/mol. The number of phosphoric acid groups is 1. The van der Waals surface area contributed by atoms with Gasteiger partial charge in [-0.25, -0.2) is 9.36 Å². The number of carbonyl (C=O) groups is 3. The Balaban J connectivity index is 3.95. The number of aliphatic hydroxyl groups excluding tert-OH is 1. The maximum absolute atomic E-state index is 12.1. The number of carboxylic acid groups (broad SMARTS) is 1. The third-order valence-electron chi connectivity index (χ3n) is 7.24. The van der Waals surface area contributed by atoms with Gasteiger partial charge >= 0.3 is 19.8 Å². The first-order chi connectivity index (χ1) is 22.1. The van der Waals surface area contributed by atoms with E-state index < -0.39 is 57.6 Å². The van der Waals surface area contributed by atoms with Gasteiger partial charge < -0.3 is 25.2 Å². The smallest absolute Gasteiger partial charge is 0.472 e. The summed E-state index contributed by atoms with van der Waals surface area (Å²) in [6.07, 6.45) is 26.9. The van der Waals surface area contributed by atoms with E-state index in [2.05, 4.69) is 43.5 Å². The Kier molecular flexibility index (Phi) is 29.0. The van der Waals surface area contributed by atoms with Crippen LogP contribution in [0.25, 0.3) is 0 Å². The summed E-state index contributed by atoms with van der Waals surface area (Å²) in [5.74, 6) is -2.40. The molecular formula is C34H62NO10P. The first kappa shape index (κ1) is 44.0. The fourth-order valence-corrected chi connectivity index (χ4v) is 5.23. The number of allylic oxidation sites excluding steroid dienone is 4. The van der Waals surface area contributed by atoms with Crippen molar-refractivity contribution in [2.75, 3.05) is 19.8 Å². The topological polar surface area (TPSA) is 169 Å². The monoisotopic (exact) mass is 675 g/mol. The van der Waals surface area contributed by atoms with Crippen molar-refractivity contribution in [3.8, 4) is 0 Å². The fourth-order valence-electron chi connectivity index (χ4n) is 4.46. The second-order valence-electron chi connectivity index (χ2n) is 11.7. The number of nitrogens with one attached hydrogen (secondary N) is 1. The number of aliphatic carboxylic acids is 1. The van der Waals surface area contributed by atoms with Gasteiger partial charge in [0, 0.05) is 12.8 Å². The molecule has 0 aliphatic rings. The molecule has 0 rings (SSSR count). The first-order valence-electron chi connectivity index (χ1n) is 17.4. The summed E-state index contributed by atoms with van der Waals surface area (Å²) in [6, 6.07) is -1.54. The quantitative estimate of drug-likeness (QED) is 0.0242. The van der Waals surface area contributed by atoms with Crippen molar-refractivity contribution >= 4 is 25.7 Å². The largest absolute Gasteiger partial charge is 0.480 e. The van der Waals surface area contributed by atoms with E-state index in [0.717, 1.165) is 70.6 Å². The third kappa shape index (κ3) is 29.4. The Labute approximate surface area is 277 Å². The molecule has 12 heteroatoms. The zero-order valence-electron chi connectivity index (χ0n) is 28.4. The summed E-state index contributed by atoms with van der Waals surface area (Å²) in [4.78, 5) is 45.3. The molecule has 46 heavy (non-hydrogen) atoms. The number of carboxylic acids is 1. The minimum absolute atomic E-state index is 0.143. The highest BCUT2D eigenvalue weighted by Crippen LogP contribution is 2.43. The molecule has 0 aliphatic carbocycles. The lowest BCUT2D eigenvalue weighted by molar-refractivity contribution is -0.147. The van der Waals surface area contributed by atoms with Crippen LogP contribution in [0.15, 0.2) is 24.3 Å². The first-order valence-corrected chi connectivity index (χ1v) is 18.9. The number of aliphatic hydroxyl groups is 1.